The Morgan fingerprint density at radius 1 is 1.47 bits per heavy atom. The van der Waals surface area contributed by atoms with Crippen molar-refractivity contribution in [3.05, 3.63) is 28.8 Å². The van der Waals surface area contributed by atoms with E-state index in [0.717, 1.165) is 30.6 Å². The number of benzene rings is 1. The Hall–Kier alpha value is -1.02. The first-order chi connectivity index (χ1) is 7.22. The van der Waals surface area contributed by atoms with Crippen LogP contribution in [-0.2, 0) is 11.2 Å². The van der Waals surface area contributed by atoms with Crippen LogP contribution in [0.5, 0.6) is 0 Å². The van der Waals surface area contributed by atoms with Gasteiger partial charge in [0.25, 0.3) is 0 Å². The lowest BCUT2D eigenvalue weighted by Gasteiger charge is -2.16. The molecule has 1 aromatic carbocycles. The molecule has 0 radical (unpaired) electrons. The van der Waals surface area contributed by atoms with E-state index in [1.807, 2.05) is 23.1 Å². The smallest absolute Gasteiger partial charge is 0.231 e. The minimum Gasteiger partial charge on any atom is -0.312 e. The van der Waals surface area contributed by atoms with E-state index in [9.17, 15) is 4.79 Å². The predicted octanol–water partition coefficient (Wildman–Crippen LogP) is 3.03. The summed E-state index contributed by atoms with van der Waals surface area (Å²) in [5.74, 6) is 0.195. The maximum absolute atomic E-state index is 11.7. The number of rotatable bonds is 3. The monoisotopic (exact) mass is 223 g/mol. The van der Waals surface area contributed by atoms with Gasteiger partial charge in [0.15, 0.2) is 0 Å². The Morgan fingerprint density at radius 3 is 3.00 bits per heavy atom. The lowest BCUT2D eigenvalue weighted by molar-refractivity contribution is -0.117. The van der Waals surface area contributed by atoms with E-state index in [1.165, 1.54) is 0 Å². The SMILES string of the molecule is CCCCN1C(=O)Cc2cc(Cl)ccc21. The Labute approximate surface area is 94.8 Å². The molecular formula is C12H14ClNO. The highest BCUT2D eigenvalue weighted by molar-refractivity contribution is 6.30. The van der Waals surface area contributed by atoms with Crippen LogP contribution >= 0.6 is 11.6 Å². The van der Waals surface area contributed by atoms with Crippen molar-refractivity contribution in [3.63, 3.8) is 0 Å². The Morgan fingerprint density at radius 2 is 2.27 bits per heavy atom. The van der Waals surface area contributed by atoms with Crippen LogP contribution in [-0.4, -0.2) is 12.5 Å². The van der Waals surface area contributed by atoms with Gasteiger partial charge in [-0.25, -0.2) is 0 Å². The molecule has 0 aromatic heterocycles. The highest BCUT2D eigenvalue weighted by atomic mass is 35.5. The normalized spacial score (nSPS) is 14.5. The molecule has 0 saturated carbocycles. The highest BCUT2D eigenvalue weighted by Gasteiger charge is 2.26. The summed E-state index contributed by atoms with van der Waals surface area (Å²) < 4.78 is 0. The van der Waals surface area contributed by atoms with E-state index >= 15 is 0 Å². The quantitative estimate of drug-likeness (QED) is 0.772. The number of carbonyl (C=O) groups is 1. The summed E-state index contributed by atoms with van der Waals surface area (Å²) >= 11 is 5.89. The largest absolute Gasteiger partial charge is 0.312 e. The van der Waals surface area contributed by atoms with E-state index in [0.29, 0.717) is 11.4 Å². The molecule has 80 valence electrons. The molecule has 0 spiro atoms. The zero-order valence-electron chi connectivity index (χ0n) is 8.79. The van der Waals surface area contributed by atoms with Crippen molar-refractivity contribution < 1.29 is 4.79 Å². The van der Waals surface area contributed by atoms with Gasteiger partial charge in [-0.05, 0) is 30.2 Å². The minimum absolute atomic E-state index is 0.195. The van der Waals surface area contributed by atoms with Gasteiger partial charge in [-0.1, -0.05) is 24.9 Å². The van der Waals surface area contributed by atoms with Crippen LogP contribution in [0.15, 0.2) is 18.2 Å². The summed E-state index contributed by atoms with van der Waals surface area (Å²) in [7, 11) is 0. The van der Waals surface area contributed by atoms with Gasteiger partial charge >= 0.3 is 0 Å². The first kappa shape index (κ1) is 10.5. The van der Waals surface area contributed by atoms with Gasteiger partial charge in [-0.3, -0.25) is 4.79 Å². The number of hydrogen-bond acceptors (Lipinski definition) is 1. The fourth-order valence-corrected chi connectivity index (χ4v) is 2.11. The van der Waals surface area contributed by atoms with Gasteiger partial charge in [-0.15, -0.1) is 0 Å². The maximum atomic E-state index is 11.7. The van der Waals surface area contributed by atoms with Crippen molar-refractivity contribution in [2.24, 2.45) is 0 Å². The third-order valence-electron chi connectivity index (χ3n) is 2.71. The molecule has 0 atom stereocenters. The number of fused-ring (bicyclic) bond motifs is 1. The zero-order valence-corrected chi connectivity index (χ0v) is 9.55. The number of hydrogen-bond donors (Lipinski definition) is 0. The second-order valence-corrected chi connectivity index (χ2v) is 4.29. The summed E-state index contributed by atoms with van der Waals surface area (Å²) in [4.78, 5) is 13.6. The van der Waals surface area contributed by atoms with Gasteiger partial charge in [0.2, 0.25) is 5.91 Å². The van der Waals surface area contributed by atoms with Crippen LogP contribution < -0.4 is 4.90 Å². The van der Waals surface area contributed by atoms with Crippen molar-refractivity contribution in [1.82, 2.24) is 0 Å². The van der Waals surface area contributed by atoms with Crippen molar-refractivity contribution in [2.45, 2.75) is 26.2 Å². The minimum atomic E-state index is 0.195. The van der Waals surface area contributed by atoms with Crippen LogP contribution in [0.1, 0.15) is 25.3 Å². The average molecular weight is 224 g/mol. The Kier molecular flexibility index (Phi) is 2.96. The van der Waals surface area contributed by atoms with E-state index < -0.39 is 0 Å². The standard InChI is InChI=1S/C12H14ClNO/c1-2-3-6-14-11-5-4-10(13)7-9(11)8-12(14)15/h4-5,7H,2-3,6,8H2,1H3. The van der Waals surface area contributed by atoms with Crippen molar-refractivity contribution >= 4 is 23.2 Å². The number of nitrogens with zero attached hydrogens (tertiary/aromatic N) is 1. The molecular weight excluding hydrogens is 210 g/mol. The van der Waals surface area contributed by atoms with E-state index in [2.05, 4.69) is 6.92 Å². The first-order valence-corrected chi connectivity index (χ1v) is 5.69. The van der Waals surface area contributed by atoms with Crippen LogP contribution in [0.25, 0.3) is 0 Å². The zero-order chi connectivity index (χ0) is 10.8. The molecule has 0 unspecified atom stereocenters. The Bertz CT molecular complexity index is 389. The lowest BCUT2D eigenvalue weighted by atomic mass is 10.2. The third-order valence-corrected chi connectivity index (χ3v) is 2.95. The topological polar surface area (TPSA) is 20.3 Å². The van der Waals surface area contributed by atoms with Gasteiger partial charge in [0.1, 0.15) is 0 Å². The summed E-state index contributed by atoms with van der Waals surface area (Å²) in [6.07, 6.45) is 2.65. The number of unbranched alkanes of at least 4 members (excludes halogenated alkanes) is 1. The molecule has 2 nitrogen and oxygen atoms in total. The van der Waals surface area contributed by atoms with Crippen LogP contribution in [0.4, 0.5) is 5.69 Å². The molecule has 1 aliphatic heterocycles. The average Bonchev–Trinajstić information content (AvgIpc) is 2.50. The third kappa shape index (κ3) is 2.00. The first-order valence-electron chi connectivity index (χ1n) is 5.31. The van der Waals surface area contributed by atoms with Crippen molar-refractivity contribution in [2.75, 3.05) is 11.4 Å². The molecule has 15 heavy (non-hydrogen) atoms. The Balaban J connectivity index is 2.25. The molecule has 0 N–H and O–H groups in total. The maximum Gasteiger partial charge on any atom is 0.231 e. The fourth-order valence-electron chi connectivity index (χ4n) is 1.91. The van der Waals surface area contributed by atoms with E-state index in [4.69, 9.17) is 11.6 Å². The fraction of sp³-hybridized carbons (Fsp3) is 0.417. The summed E-state index contributed by atoms with van der Waals surface area (Å²) in [6, 6.07) is 5.68. The molecule has 2 rings (SSSR count). The summed E-state index contributed by atoms with van der Waals surface area (Å²) in [5.41, 5.74) is 2.10. The van der Waals surface area contributed by atoms with Crippen molar-refractivity contribution in [3.8, 4) is 0 Å². The summed E-state index contributed by atoms with van der Waals surface area (Å²) in [6.45, 7) is 2.95. The number of halogens is 1. The molecule has 1 amide bonds. The molecule has 3 heteroatoms. The predicted molar refractivity (Wildman–Crippen MR) is 62.4 cm³/mol. The van der Waals surface area contributed by atoms with Gasteiger partial charge in [0.05, 0.1) is 6.42 Å². The van der Waals surface area contributed by atoms with Gasteiger partial charge in [0, 0.05) is 17.3 Å². The molecule has 1 aromatic rings. The molecule has 0 fully saturated rings. The van der Waals surface area contributed by atoms with Crippen LogP contribution in [0.3, 0.4) is 0 Å². The molecule has 1 heterocycles. The highest BCUT2D eigenvalue weighted by Crippen LogP contribution is 2.31. The van der Waals surface area contributed by atoms with E-state index in [-0.39, 0.29) is 5.91 Å². The number of carbonyl (C=O) groups excluding carboxylic acids is 1. The summed E-state index contributed by atoms with van der Waals surface area (Å²) in [5, 5.41) is 0.707. The molecule has 0 aliphatic carbocycles. The van der Waals surface area contributed by atoms with E-state index in [1.54, 1.807) is 0 Å². The molecule has 0 saturated heterocycles. The van der Waals surface area contributed by atoms with Gasteiger partial charge in [-0.2, -0.15) is 0 Å². The van der Waals surface area contributed by atoms with Gasteiger partial charge < -0.3 is 4.90 Å². The van der Waals surface area contributed by atoms with Crippen LogP contribution in [0.2, 0.25) is 5.02 Å². The number of anilines is 1. The lowest BCUT2D eigenvalue weighted by Crippen LogP contribution is -2.27. The second-order valence-electron chi connectivity index (χ2n) is 3.85. The van der Waals surface area contributed by atoms with Crippen LogP contribution in [0, 0.1) is 0 Å². The molecule has 1 aliphatic rings. The second kappa shape index (κ2) is 4.23. The number of amides is 1. The van der Waals surface area contributed by atoms with Crippen molar-refractivity contribution in [1.29, 1.82) is 0 Å². The molecule has 0 bridgehead atoms.